The summed E-state index contributed by atoms with van der Waals surface area (Å²) in [7, 11) is 2.00. The molecule has 2 nitrogen and oxygen atoms in total. The van der Waals surface area contributed by atoms with Crippen molar-refractivity contribution in [2.24, 2.45) is 0 Å². The maximum Gasteiger partial charge on any atom is 0.124 e. The molecular formula is C16H21NOS. The van der Waals surface area contributed by atoms with Crippen LogP contribution in [0.2, 0.25) is 0 Å². The van der Waals surface area contributed by atoms with Gasteiger partial charge in [-0.15, -0.1) is 0 Å². The third kappa shape index (κ3) is 3.82. The Labute approximate surface area is 119 Å². The molecule has 0 bridgehead atoms. The molecule has 1 aromatic carbocycles. The summed E-state index contributed by atoms with van der Waals surface area (Å²) in [5.74, 6) is 0.979. The highest BCUT2D eigenvalue weighted by atomic mass is 32.1. The summed E-state index contributed by atoms with van der Waals surface area (Å²) in [6.45, 7) is 4.12. The lowest BCUT2D eigenvalue weighted by Gasteiger charge is -2.21. The first-order chi connectivity index (χ1) is 9.20. The number of ether oxygens (including phenoxy) is 1. The molecule has 1 aromatic heterocycles. The van der Waals surface area contributed by atoms with Gasteiger partial charge in [-0.2, -0.15) is 11.3 Å². The van der Waals surface area contributed by atoms with E-state index in [4.69, 9.17) is 4.74 Å². The molecule has 2 aromatic rings. The summed E-state index contributed by atoms with van der Waals surface area (Å²) in [5.41, 5.74) is 2.59. The normalized spacial score (nSPS) is 12.6. The second kappa shape index (κ2) is 6.73. The lowest BCUT2D eigenvalue weighted by atomic mass is 10.00. The fraction of sp³-hybridized carbons (Fsp3) is 0.375. The predicted octanol–water partition coefficient (Wildman–Crippen LogP) is 4.04. The standard InChI is InChI=1S/C16H21NOS/c1-12(2)18-16-7-5-4-6-14(16)15(17-3)10-13-8-9-19-11-13/h4-9,11-12,15,17H,10H2,1-3H3. The third-order valence-electron chi connectivity index (χ3n) is 3.03. The van der Waals surface area contributed by atoms with Crippen molar-refractivity contribution in [2.75, 3.05) is 7.05 Å². The first-order valence-electron chi connectivity index (χ1n) is 6.64. The summed E-state index contributed by atoms with van der Waals surface area (Å²) in [6.07, 6.45) is 1.18. The van der Waals surface area contributed by atoms with E-state index in [-0.39, 0.29) is 12.1 Å². The van der Waals surface area contributed by atoms with Gasteiger partial charge in [-0.3, -0.25) is 0 Å². The Balaban J connectivity index is 2.22. The van der Waals surface area contributed by atoms with E-state index in [1.807, 2.05) is 19.2 Å². The van der Waals surface area contributed by atoms with Crippen molar-refractivity contribution in [1.29, 1.82) is 0 Å². The monoisotopic (exact) mass is 275 g/mol. The number of para-hydroxylation sites is 1. The van der Waals surface area contributed by atoms with Gasteiger partial charge in [0, 0.05) is 11.6 Å². The van der Waals surface area contributed by atoms with Crippen LogP contribution in [0.15, 0.2) is 41.1 Å². The van der Waals surface area contributed by atoms with E-state index in [9.17, 15) is 0 Å². The number of nitrogens with one attached hydrogen (secondary N) is 1. The zero-order valence-corrected chi connectivity index (χ0v) is 12.5. The summed E-state index contributed by atoms with van der Waals surface area (Å²) < 4.78 is 5.91. The van der Waals surface area contributed by atoms with Crippen LogP contribution in [0, 0.1) is 0 Å². The summed E-state index contributed by atoms with van der Waals surface area (Å²) in [5, 5.41) is 7.72. The average Bonchev–Trinajstić information content (AvgIpc) is 2.89. The number of thiophene rings is 1. The van der Waals surface area contributed by atoms with E-state index in [1.54, 1.807) is 11.3 Å². The van der Waals surface area contributed by atoms with Gasteiger partial charge in [0.25, 0.3) is 0 Å². The maximum atomic E-state index is 5.91. The van der Waals surface area contributed by atoms with Crippen LogP contribution in [0.5, 0.6) is 5.75 Å². The Bertz CT molecular complexity index is 493. The second-order valence-electron chi connectivity index (χ2n) is 4.88. The molecule has 0 amide bonds. The van der Waals surface area contributed by atoms with Crippen molar-refractivity contribution in [2.45, 2.75) is 32.4 Å². The van der Waals surface area contributed by atoms with Crippen LogP contribution >= 0.6 is 11.3 Å². The highest BCUT2D eigenvalue weighted by Gasteiger charge is 2.15. The summed E-state index contributed by atoms with van der Waals surface area (Å²) in [6, 6.07) is 10.8. The van der Waals surface area contributed by atoms with Crippen molar-refractivity contribution in [3.63, 3.8) is 0 Å². The van der Waals surface area contributed by atoms with Gasteiger partial charge in [-0.25, -0.2) is 0 Å². The summed E-state index contributed by atoms with van der Waals surface area (Å²) in [4.78, 5) is 0. The lowest BCUT2D eigenvalue weighted by Crippen LogP contribution is -2.20. The minimum Gasteiger partial charge on any atom is -0.491 e. The second-order valence-corrected chi connectivity index (χ2v) is 5.66. The molecule has 102 valence electrons. The molecule has 3 heteroatoms. The van der Waals surface area contributed by atoms with Crippen LogP contribution < -0.4 is 10.1 Å². The van der Waals surface area contributed by atoms with Crippen molar-refractivity contribution in [3.8, 4) is 5.75 Å². The molecular weight excluding hydrogens is 254 g/mol. The van der Waals surface area contributed by atoms with Gasteiger partial charge in [0.15, 0.2) is 0 Å². The topological polar surface area (TPSA) is 21.3 Å². The Morgan fingerprint density at radius 2 is 2.00 bits per heavy atom. The van der Waals surface area contributed by atoms with Crippen LogP contribution in [0.25, 0.3) is 0 Å². The van der Waals surface area contributed by atoms with Crippen molar-refractivity contribution in [3.05, 3.63) is 52.2 Å². The quantitative estimate of drug-likeness (QED) is 0.859. The van der Waals surface area contributed by atoms with Crippen LogP contribution in [0.4, 0.5) is 0 Å². The minimum atomic E-state index is 0.194. The van der Waals surface area contributed by atoms with E-state index in [2.05, 4.69) is 48.1 Å². The highest BCUT2D eigenvalue weighted by molar-refractivity contribution is 7.07. The molecule has 1 atom stereocenters. The molecule has 1 N–H and O–H groups in total. The number of rotatable bonds is 6. The number of benzene rings is 1. The molecule has 0 aliphatic rings. The Morgan fingerprint density at radius 1 is 1.21 bits per heavy atom. The van der Waals surface area contributed by atoms with Gasteiger partial charge < -0.3 is 10.1 Å². The van der Waals surface area contributed by atoms with E-state index in [0.29, 0.717) is 0 Å². The van der Waals surface area contributed by atoms with Crippen LogP contribution in [-0.2, 0) is 6.42 Å². The smallest absolute Gasteiger partial charge is 0.124 e. The van der Waals surface area contributed by atoms with Crippen molar-refractivity contribution < 1.29 is 4.74 Å². The average molecular weight is 275 g/mol. The molecule has 0 saturated heterocycles. The molecule has 0 aliphatic carbocycles. The fourth-order valence-corrected chi connectivity index (χ4v) is 2.82. The van der Waals surface area contributed by atoms with Gasteiger partial charge in [-0.1, -0.05) is 18.2 Å². The zero-order valence-electron chi connectivity index (χ0n) is 11.7. The molecule has 0 radical (unpaired) electrons. The predicted molar refractivity (Wildman–Crippen MR) is 82.0 cm³/mol. The largest absolute Gasteiger partial charge is 0.491 e. The Morgan fingerprint density at radius 3 is 2.63 bits per heavy atom. The first-order valence-corrected chi connectivity index (χ1v) is 7.59. The van der Waals surface area contributed by atoms with Gasteiger partial charge in [-0.05, 0) is 55.8 Å². The Kier molecular flexibility index (Phi) is 5.00. The molecule has 0 saturated carbocycles. The molecule has 1 heterocycles. The van der Waals surface area contributed by atoms with Crippen LogP contribution in [0.3, 0.4) is 0 Å². The SMILES string of the molecule is CNC(Cc1ccsc1)c1ccccc1OC(C)C. The molecule has 0 spiro atoms. The lowest BCUT2D eigenvalue weighted by molar-refractivity contribution is 0.238. The van der Waals surface area contributed by atoms with Crippen molar-refractivity contribution in [1.82, 2.24) is 5.32 Å². The van der Waals surface area contributed by atoms with Gasteiger partial charge in [0.05, 0.1) is 6.10 Å². The van der Waals surface area contributed by atoms with E-state index in [0.717, 1.165) is 12.2 Å². The first kappa shape index (κ1) is 14.1. The minimum absolute atomic E-state index is 0.194. The van der Waals surface area contributed by atoms with Gasteiger partial charge in [0.2, 0.25) is 0 Å². The highest BCUT2D eigenvalue weighted by Crippen LogP contribution is 2.28. The Hall–Kier alpha value is -1.32. The molecule has 19 heavy (non-hydrogen) atoms. The molecule has 1 unspecified atom stereocenters. The van der Waals surface area contributed by atoms with E-state index in [1.165, 1.54) is 11.1 Å². The van der Waals surface area contributed by atoms with E-state index < -0.39 is 0 Å². The van der Waals surface area contributed by atoms with Crippen LogP contribution in [-0.4, -0.2) is 13.2 Å². The number of hydrogen-bond acceptors (Lipinski definition) is 3. The molecule has 2 rings (SSSR count). The van der Waals surface area contributed by atoms with Crippen LogP contribution in [0.1, 0.15) is 31.0 Å². The van der Waals surface area contributed by atoms with E-state index >= 15 is 0 Å². The van der Waals surface area contributed by atoms with Crippen molar-refractivity contribution >= 4 is 11.3 Å². The number of hydrogen-bond donors (Lipinski definition) is 1. The third-order valence-corrected chi connectivity index (χ3v) is 3.76. The zero-order chi connectivity index (χ0) is 13.7. The molecule has 0 aliphatic heterocycles. The fourth-order valence-electron chi connectivity index (χ4n) is 2.14. The molecule has 0 fully saturated rings. The summed E-state index contributed by atoms with van der Waals surface area (Å²) >= 11 is 1.74. The van der Waals surface area contributed by atoms with Gasteiger partial charge >= 0.3 is 0 Å². The maximum absolute atomic E-state index is 5.91. The van der Waals surface area contributed by atoms with Gasteiger partial charge in [0.1, 0.15) is 5.75 Å². The number of likely N-dealkylation sites (N-methyl/N-ethyl adjacent to an activating group) is 1.